The minimum atomic E-state index is -0.326. The molecule has 3 heteroatoms. The van der Waals surface area contributed by atoms with Gasteiger partial charge in [0.15, 0.2) is 0 Å². The molecule has 0 aliphatic carbocycles. The van der Waals surface area contributed by atoms with Crippen LogP contribution in [0.1, 0.15) is 11.6 Å². The lowest BCUT2D eigenvalue weighted by Gasteiger charge is -2.12. The SMILES string of the molecule is C=CC(NC)c1ccc(F)cc1Cl. The minimum Gasteiger partial charge on any atom is -0.310 e. The van der Waals surface area contributed by atoms with E-state index in [9.17, 15) is 4.39 Å². The van der Waals surface area contributed by atoms with Crippen LogP contribution in [0.5, 0.6) is 0 Å². The first-order chi connectivity index (χ1) is 6.19. The smallest absolute Gasteiger partial charge is 0.124 e. The summed E-state index contributed by atoms with van der Waals surface area (Å²) < 4.78 is 12.7. The molecule has 1 aromatic carbocycles. The normalized spacial score (nSPS) is 12.5. The Bertz CT molecular complexity index is 312. The van der Waals surface area contributed by atoms with Gasteiger partial charge in [-0.25, -0.2) is 4.39 Å². The summed E-state index contributed by atoms with van der Waals surface area (Å²) in [5.74, 6) is -0.326. The number of rotatable bonds is 3. The number of nitrogens with one attached hydrogen (secondary N) is 1. The Labute approximate surface area is 82.2 Å². The second-order valence-corrected chi connectivity index (χ2v) is 3.08. The Balaban J connectivity index is 3.06. The van der Waals surface area contributed by atoms with Crippen molar-refractivity contribution in [3.8, 4) is 0 Å². The van der Waals surface area contributed by atoms with Crippen molar-refractivity contribution in [2.24, 2.45) is 0 Å². The number of hydrogen-bond donors (Lipinski definition) is 1. The highest BCUT2D eigenvalue weighted by molar-refractivity contribution is 6.31. The molecule has 0 aliphatic heterocycles. The standard InChI is InChI=1S/C10H11ClFN/c1-3-10(13-2)8-5-4-7(12)6-9(8)11/h3-6,10,13H,1H2,2H3. The molecule has 1 rings (SSSR count). The van der Waals surface area contributed by atoms with E-state index >= 15 is 0 Å². The molecule has 1 N–H and O–H groups in total. The molecular weight excluding hydrogens is 189 g/mol. The van der Waals surface area contributed by atoms with Crippen LogP contribution < -0.4 is 5.32 Å². The molecule has 1 unspecified atom stereocenters. The fourth-order valence-electron chi connectivity index (χ4n) is 1.15. The second kappa shape index (κ2) is 4.40. The molecule has 0 radical (unpaired) electrons. The molecule has 0 amide bonds. The average molecular weight is 200 g/mol. The second-order valence-electron chi connectivity index (χ2n) is 2.67. The quantitative estimate of drug-likeness (QED) is 0.739. The Kier molecular flexibility index (Phi) is 3.46. The predicted octanol–water partition coefficient (Wildman–Crippen LogP) is 2.93. The number of hydrogen-bond acceptors (Lipinski definition) is 1. The molecule has 0 fully saturated rings. The van der Waals surface area contributed by atoms with E-state index < -0.39 is 0 Å². The maximum atomic E-state index is 12.7. The van der Waals surface area contributed by atoms with Crippen LogP contribution in [0.15, 0.2) is 30.9 Å². The highest BCUT2D eigenvalue weighted by atomic mass is 35.5. The lowest BCUT2D eigenvalue weighted by molar-refractivity contribution is 0.624. The minimum absolute atomic E-state index is 0.0342. The summed E-state index contributed by atoms with van der Waals surface area (Å²) in [5.41, 5.74) is 0.834. The van der Waals surface area contributed by atoms with Crippen molar-refractivity contribution in [3.63, 3.8) is 0 Å². The molecule has 0 spiro atoms. The monoisotopic (exact) mass is 199 g/mol. The Morgan fingerprint density at radius 1 is 1.62 bits per heavy atom. The molecule has 1 nitrogen and oxygen atoms in total. The van der Waals surface area contributed by atoms with Crippen LogP contribution in [0.4, 0.5) is 4.39 Å². The first-order valence-corrected chi connectivity index (χ1v) is 4.31. The third kappa shape index (κ3) is 2.29. The van der Waals surface area contributed by atoms with Crippen LogP contribution in [0.2, 0.25) is 5.02 Å². The van der Waals surface area contributed by atoms with Crippen molar-refractivity contribution < 1.29 is 4.39 Å². The van der Waals surface area contributed by atoms with Gasteiger partial charge in [0.05, 0.1) is 6.04 Å². The van der Waals surface area contributed by atoms with Crippen LogP contribution in [-0.2, 0) is 0 Å². The zero-order valence-electron chi connectivity index (χ0n) is 7.35. The largest absolute Gasteiger partial charge is 0.310 e. The number of likely N-dealkylation sites (N-methyl/N-ethyl adjacent to an activating group) is 1. The summed E-state index contributed by atoms with van der Waals surface area (Å²) in [4.78, 5) is 0. The zero-order valence-corrected chi connectivity index (χ0v) is 8.11. The summed E-state index contributed by atoms with van der Waals surface area (Å²) in [7, 11) is 1.80. The van der Waals surface area contributed by atoms with Crippen LogP contribution in [0.25, 0.3) is 0 Å². The van der Waals surface area contributed by atoms with Crippen molar-refractivity contribution in [1.29, 1.82) is 0 Å². The first kappa shape index (κ1) is 10.2. The Morgan fingerprint density at radius 2 is 2.31 bits per heavy atom. The van der Waals surface area contributed by atoms with Crippen molar-refractivity contribution in [2.45, 2.75) is 6.04 Å². The van der Waals surface area contributed by atoms with Crippen molar-refractivity contribution >= 4 is 11.6 Å². The van der Waals surface area contributed by atoms with Crippen LogP contribution in [0.3, 0.4) is 0 Å². The predicted molar refractivity (Wildman–Crippen MR) is 53.4 cm³/mol. The van der Waals surface area contributed by atoms with E-state index in [4.69, 9.17) is 11.6 Å². The summed E-state index contributed by atoms with van der Waals surface area (Å²) in [6.45, 7) is 3.66. The maximum Gasteiger partial charge on any atom is 0.124 e. The van der Waals surface area contributed by atoms with E-state index in [2.05, 4.69) is 11.9 Å². The molecule has 70 valence electrons. The van der Waals surface area contributed by atoms with Gasteiger partial charge in [-0.1, -0.05) is 23.7 Å². The van der Waals surface area contributed by atoms with E-state index in [1.807, 2.05) is 0 Å². The van der Waals surface area contributed by atoms with Crippen LogP contribution in [-0.4, -0.2) is 7.05 Å². The lowest BCUT2D eigenvalue weighted by Crippen LogP contribution is -2.13. The van der Waals surface area contributed by atoms with Gasteiger partial charge in [0.2, 0.25) is 0 Å². The van der Waals surface area contributed by atoms with Gasteiger partial charge in [-0.15, -0.1) is 6.58 Å². The molecule has 0 aliphatic rings. The Hall–Kier alpha value is -0.860. The highest BCUT2D eigenvalue weighted by Crippen LogP contribution is 2.23. The van der Waals surface area contributed by atoms with Gasteiger partial charge in [0, 0.05) is 5.02 Å². The molecule has 1 atom stereocenters. The molecule has 0 heterocycles. The number of halogens is 2. The molecule has 0 aromatic heterocycles. The van der Waals surface area contributed by atoms with Gasteiger partial charge >= 0.3 is 0 Å². The molecule has 0 saturated heterocycles. The van der Waals surface area contributed by atoms with Gasteiger partial charge < -0.3 is 5.32 Å². The topological polar surface area (TPSA) is 12.0 Å². The highest BCUT2D eigenvalue weighted by Gasteiger charge is 2.09. The van der Waals surface area contributed by atoms with E-state index in [-0.39, 0.29) is 11.9 Å². The van der Waals surface area contributed by atoms with E-state index in [0.717, 1.165) is 5.56 Å². The third-order valence-corrected chi connectivity index (χ3v) is 2.17. The Morgan fingerprint density at radius 3 is 2.77 bits per heavy atom. The summed E-state index contributed by atoms with van der Waals surface area (Å²) in [6.07, 6.45) is 1.72. The van der Waals surface area contributed by atoms with Gasteiger partial charge in [-0.3, -0.25) is 0 Å². The third-order valence-electron chi connectivity index (χ3n) is 1.84. The molecule has 13 heavy (non-hydrogen) atoms. The van der Waals surface area contributed by atoms with E-state index in [1.165, 1.54) is 12.1 Å². The summed E-state index contributed by atoms with van der Waals surface area (Å²) >= 11 is 5.85. The number of benzene rings is 1. The van der Waals surface area contributed by atoms with E-state index in [0.29, 0.717) is 5.02 Å². The van der Waals surface area contributed by atoms with Crippen molar-refractivity contribution in [3.05, 3.63) is 47.3 Å². The van der Waals surface area contributed by atoms with Gasteiger partial charge in [-0.2, -0.15) is 0 Å². The fourth-order valence-corrected chi connectivity index (χ4v) is 1.44. The summed E-state index contributed by atoms with van der Waals surface area (Å²) in [6, 6.07) is 4.30. The summed E-state index contributed by atoms with van der Waals surface area (Å²) in [5, 5.41) is 3.42. The van der Waals surface area contributed by atoms with Gasteiger partial charge in [0.25, 0.3) is 0 Å². The van der Waals surface area contributed by atoms with Gasteiger partial charge in [0.1, 0.15) is 5.82 Å². The average Bonchev–Trinajstić information content (AvgIpc) is 2.10. The molecular formula is C10H11ClFN. The van der Waals surface area contributed by atoms with Gasteiger partial charge in [-0.05, 0) is 24.7 Å². The molecule has 0 bridgehead atoms. The molecule has 0 saturated carbocycles. The maximum absolute atomic E-state index is 12.7. The fraction of sp³-hybridized carbons (Fsp3) is 0.200. The molecule has 1 aromatic rings. The van der Waals surface area contributed by atoms with Crippen molar-refractivity contribution in [2.75, 3.05) is 7.05 Å². The van der Waals surface area contributed by atoms with Crippen LogP contribution >= 0.6 is 11.6 Å². The van der Waals surface area contributed by atoms with Crippen molar-refractivity contribution in [1.82, 2.24) is 5.32 Å². The zero-order chi connectivity index (χ0) is 9.84. The first-order valence-electron chi connectivity index (χ1n) is 3.93. The van der Waals surface area contributed by atoms with Crippen LogP contribution in [0, 0.1) is 5.82 Å². The lowest BCUT2D eigenvalue weighted by atomic mass is 10.1. The van der Waals surface area contributed by atoms with E-state index in [1.54, 1.807) is 19.2 Å².